The molecule has 2 N–H and O–H groups in total. The molecule has 0 bridgehead atoms. The zero-order valence-corrected chi connectivity index (χ0v) is 9.24. The van der Waals surface area contributed by atoms with E-state index in [9.17, 15) is 4.79 Å². The minimum atomic E-state index is -0.673. The third kappa shape index (κ3) is 3.16. The van der Waals surface area contributed by atoms with Gasteiger partial charge in [0.2, 0.25) is 0 Å². The molecule has 0 radical (unpaired) electrons. The lowest BCUT2D eigenvalue weighted by atomic mass is 9.78. The van der Waals surface area contributed by atoms with Crippen LogP contribution in [-0.2, 0) is 9.53 Å². The first kappa shape index (κ1) is 12.7. The number of nitrogens with two attached hydrogens (primary N) is 1. The Morgan fingerprint density at radius 1 is 1.38 bits per heavy atom. The molecule has 1 fully saturated rings. The number of rotatable bonds is 1. The van der Waals surface area contributed by atoms with Crippen LogP contribution >= 0.6 is 12.4 Å². The fourth-order valence-electron chi connectivity index (χ4n) is 1.14. The van der Waals surface area contributed by atoms with E-state index in [-0.39, 0.29) is 18.4 Å². The molecule has 1 rings (SSSR count). The molecule has 0 heterocycles. The zero-order chi connectivity index (χ0) is 9.41. The number of esters is 1. The second-order valence-electron chi connectivity index (χ2n) is 4.51. The van der Waals surface area contributed by atoms with E-state index in [1.54, 1.807) is 0 Å². The van der Waals surface area contributed by atoms with Gasteiger partial charge in [-0.3, -0.25) is 4.79 Å². The van der Waals surface area contributed by atoms with Gasteiger partial charge in [-0.1, -0.05) is 0 Å². The molecule has 0 aromatic carbocycles. The number of hydrogen-bond donors (Lipinski definition) is 1. The van der Waals surface area contributed by atoms with Crippen LogP contribution in [0.2, 0.25) is 0 Å². The van der Waals surface area contributed by atoms with Crippen molar-refractivity contribution in [3.05, 3.63) is 0 Å². The molecule has 0 saturated heterocycles. The molecule has 0 spiro atoms. The van der Waals surface area contributed by atoms with E-state index >= 15 is 0 Å². The number of ether oxygens (including phenoxy) is 1. The second-order valence-corrected chi connectivity index (χ2v) is 4.51. The van der Waals surface area contributed by atoms with E-state index in [0.29, 0.717) is 0 Å². The monoisotopic (exact) mass is 207 g/mol. The number of carbonyl (C=O) groups excluding carboxylic acids is 1. The standard InChI is InChI=1S/C9H17NO2.ClH/c1-8(2,3)12-7(11)9(10)5-4-6-9;/h4-6,10H2,1-3H3;1H. The summed E-state index contributed by atoms with van der Waals surface area (Å²) in [6, 6.07) is 0. The minimum Gasteiger partial charge on any atom is -0.459 e. The van der Waals surface area contributed by atoms with Gasteiger partial charge in [0.1, 0.15) is 11.1 Å². The van der Waals surface area contributed by atoms with Crippen LogP contribution in [0.25, 0.3) is 0 Å². The van der Waals surface area contributed by atoms with E-state index < -0.39 is 11.1 Å². The Bertz CT molecular complexity index is 194. The Hall–Kier alpha value is -0.280. The lowest BCUT2D eigenvalue weighted by molar-refractivity contribution is -0.165. The Labute approximate surface area is 85.4 Å². The van der Waals surface area contributed by atoms with Crippen molar-refractivity contribution < 1.29 is 9.53 Å². The van der Waals surface area contributed by atoms with Crippen molar-refractivity contribution >= 4 is 18.4 Å². The fraction of sp³-hybridized carbons (Fsp3) is 0.889. The summed E-state index contributed by atoms with van der Waals surface area (Å²) in [6.45, 7) is 5.56. The first-order valence-electron chi connectivity index (χ1n) is 4.36. The van der Waals surface area contributed by atoms with Crippen LogP contribution < -0.4 is 5.73 Å². The first-order valence-corrected chi connectivity index (χ1v) is 4.36. The maximum atomic E-state index is 11.4. The van der Waals surface area contributed by atoms with Crippen molar-refractivity contribution in [3.63, 3.8) is 0 Å². The van der Waals surface area contributed by atoms with E-state index in [0.717, 1.165) is 19.3 Å². The van der Waals surface area contributed by atoms with Gasteiger partial charge in [-0.2, -0.15) is 0 Å². The molecule has 1 saturated carbocycles. The molecule has 0 aromatic heterocycles. The number of carbonyl (C=O) groups is 1. The molecule has 0 unspecified atom stereocenters. The summed E-state index contributed by atoms with van der Waals surface area (Å²) in [7, 11) is 0. The molecule has 1 aliphatic rings. The van der Waals surface area contributed by atoms with Crippen LogP contribution in [0.1, 0.15) is 40.0 Å². The van der Waals surface area contributed by atoms with E-state index in [1.165, 1.54) is 0 Å². The van der Waals surface area contributed by atoms with Gasteiger partial charge in [-0.25, -0.2) is 0 Å². The van der Waals surface area contributed by atoms with Crippen molar-refractivity contribution in [3.8, 4) is 0 Å². The molecule has 1 aliphatic carbocycles. The summed E-state index contributed by atoms with van der Waals surface area (Å²) in [5.74, 6) is -0.249. The minimum absolute atomic E-state index is 0. The Balaban J connectivity index is 0.00000144. The van der Waals surface area contributed by atoms with Gasteiger partial charge in [0.15, 0.2) is 0 Å². The molecule has 0 aliphatic heterocycles. The Morgan fingerprint density at radius 2 is 1.85 bits per heavy atom. The average Bonchev–Trinajstić information content (AvgIpc) is 1.78. The molecule has 13 heavy (non-hydrogen) atoms. The van der Waals surface area contributed by atoms with Crippen LogP contribution in [0.4, 0.5) is 0 Å². The summed E-state index contributed by atoms with van der Waals surface area (Å²) < 4.78 is 5.18. The topological polar surface area (TPSA) is 52.3 Å². The molecule has 0 atom stereocenters. The first-order chi connectivity index (χ1) is 5.33. The van der Waals surface area contributed by atoms with Crippen molar-refractivity contribution in [1.82, 2.24) is 0 Å². The van der Waals surface area contributed by atoms with Gasteiger partial charge in [0.25, 0.3) is 0 Å². The molecular formula is C9H18ClNO2. The second kappa shape index (κ2) is 3.84. The molecule has 0 aromatic rings. The quantitative estimate of drug-likeness (QED) is 0.665. The van der Waals surface area contributed by atoms with Crippen LogP contribution in [0.15, 0.2) is 0 Å². The van der Waals surface area contributed by atoms with Crippen molar-refractivity contribution in [2.75, 3.05) is 0 Å². The molecule has 0 amide bonds. The van der Waals surface area contributed by atoms with E-state index in [1.807, 2.05) is 20.8 Å². The van der Waals surface area contributed by atoms with Gasteiger partial charge in [0, 0.05) is 0 Å². The highest BCUT2D eigenvalue weighted by Crippen LogP contribution is 2.31. The predicted molar refractivity (Wildman–Crippen MR) is 53.9 cm³/mol. The van der Waals surface area contributed by atoms with E-state index in [4.69, 9.17) is 10.5 Å². The number of hydrogen-bond acceptors (Lipinski definition) is 3. The van der Waals surface area contributed by atoms with Crippen LogP contribution in [0, 0.1) is 0 Å². The maximum Gasteiger partial charge on any atom is 0.326 e. The van der Waals surface area contributed by atoms with Crippen LogP contribution in [0.5, 0.6) is 0 Å². The number of halogens is 1. The SMILES string of the molecule is CC(C)(C)OC(=O)C1(N)CCC1.Cl. The molecular weight excluding hydrogens is 190 g/mol. The van der Waals surface area contributed by atoms with Gasteiger partial charge in [-0.05, 0) is 40.0 Å². The van der Waals surface area contributed by atoms with Crippen molar-refractivity contribution in [2.45, 2.75) is 51.2 Å². The van der Waals surface area contributed by atoms with E-state index in [2.05, 4.69) is 0 Å². The van der Waals surface area contributed by atoms with Gasteiger partial charge in [0.05, 0.1) is 0 Å². The lowest BCUT2D eigenvalue weighted by Gasteiger charge is -2.37. The van der Waals surface area contributed by atoms with Gasteiger partial charge in [-0.15, -0.1) is 12.4 Å². The summed E-state index contributed by atoms with van der Waals surface area (Å²) >= 11 is 0. The molecule has 78 valence electrons. The zero-order valence-electron chi connectivity index (χ0n) is 8.42. The summed E-state index contributed by atoms with van der Waals surface area (Å²) in [6.07, 6.45) is 2.57. The molecule has 4 heteroatoms. The maximum absolute atomic E-state index is 11.4. The highest BCUT2D eigenvalue weighted by Gasteiger charge is 2.43. The lowest BCUT2D eigenvalue weighted by Crippen LogP contribution is -2.55. The summed E-state index contributed by atoms with van der Waals surface area (Å²) in [5, 5.41) is 0. The fourth-order valence-corrected chi connectivity index (χ4v) is 1.14. The summed E-state index contributed by atoms with van der Waals surface area (Å²) in [4.78, 5) is 11.4. The van der Waals surface area contributed by atoms with Crippen LogP contribution in [-0.4, -0.2) is 17.1 Å². The van der Waals surface area contributed by atoms with Gasteiger partial charge >= 0.3 is 5.97 Å². The average molecular weight is 208 g/mol. The molecule has 3 nitrogen and oxygen atoms in total. The predicted octanol–water partition coefficient (Wildman–Crippen LogP) is 1.63. The largest absolute Gasteiger partial charge is 0.459 e. The Kier molecular flexibility index (Phi) is 3.76. The smallest absolute Gasteiger partial charge is 0.326 e. The van der Waals surface area contributed by atoms with Crippen molar-refractivity contribution in [2.24, 2.45) is 5.73 Å². The summed E-state index contributed by atoms with van der Waals surface area (Å²) in [5.41, 5.74) is 4.69. The third-order valence-electron chi connectivity index (χ3n) is 2.05. The highest BCUT2D eigenvalue weighted by atomic mass is 35.5. The van der Waals surface area contributed by atoms with Crippen molar-refractivity contribution in [1.29, 1.82) is 0 Å². The Morgan fingerprint density at radius 3 is 2.08 bits per heavy atom. The third-order valence-corrected chi connectivity index (χ3v) is 2.05. The normalized spacial score (nSPS) is 19.7. The van der Waals surface area contributed by atoms with Crippen LogP contribution in [0.3, 0.4) is 0 Å². The van der Waals surface area contributed by atoms with Gasteiger partial charge < -0.3 is 10.5 Å². The highest BCUT2D eigenvalue weighted by molar-refractivity contribution is 5.85.